The molecule has 0 saturated carbocycles. The Morgan fingerprint density at radius 2 is 1.80 bits per heavy atom. The van der Waals surface area contributed by atoms with E-state index < -0.39 is 17.8 Å². The first-order chi connectivity index (χ1) is 16.9. The number of carbonyl (C=O) groups is 3. The predicted molar refractivity (Wildman–Crippen MR) is 129 cm³/mol. The Labute approximate surface area is 201 Å². The summed E-state index contributed by atoms with van der Waals surface area (Å²) in [6.07, 6.45) is 1.96. The van der Waals surface area contributed by atoms with E-state index in [1.807, 2.05) is 19.1 Å². The maximum Gasteiger partial charge on any atom is 0.335 e. The highest BCUT2D eigenvalue weighted by atomic mass is 19.1. The number of ether oxygens (including phenoxy) is 2. The molecule has 1 fully saturated rings. The second kappa shape index (κ2) is 10.2. The fourth-order valence-corrected chi connectivity index (χ4v) is 3.73. The van der Waals surface area contributed by atoms with Crippen LogP contribution in [-0.4, -0.2) is 25.0 Å². The van der Waals surface area contributed by atoms with E-state index in [9.17, 15) is 18.8 Å². The van der Waals surface area contributed by atoms with Gasteiger partial charge in [0, 0.05) is 11.6 Å². The molecule has 0 atom stereocenters. The molecule has 0 unspecified atom stereocenters. The molecule has 3 aromatic carbocycles. The molecular formula is C27H23FN2O5. The molecule has 4 amide bonds. The summed E-state index contributed by atoms with van der Waals surface area (Å²) < 4.78 is 24.7. The topological polar surface area (TPSA) is 84.9 Å². The van der Waals surface area contributed by atoms with Crippen molar-refractivity contribution < 1.29 is 28.2 Å². The summed E-state index contributed by atoms with van der Waals surface area (Å²) in [5.41, 5.74) is 1.99. The van der Waals surface area contributed by atoms with Crippen LogP contribution in [0.25, 0.3) is 6.08 Å². The van der Waals surface area contributed by atoms with Crippen LogP contribution >= 0.6 is 0 Å². The molecule has 0 bridgehead atoms. The van der Waals surface area contributed by atoms with Gasteiger partial charge in [0.05, 0.1) is 12.8 Å². The smallest absolute Gasteiger partial charge is 0.335 e. The molecule has 0 radical (unpaired) electrons. The van der Waals surface area contributed by atoms with Gasteiger partial charge in [0.2, 0.25) is 0 Å². The van der Waals surface area contributed by atoms with Gasteiger partial charge in [-0.05, 0) is 54.0 Å². The van der Waals surface area contributed by atoms with Crippen molar-refractivity contribution >= 4 is 29.6 Å². The number of hydrogen-bond acceptors (Lipinski definition) is 5. The highest BCUT2D eigenvalue weighted by Crippen LogP contribution is 2.30. The van der Waals surface area contributed by atoms with Crippen LogP contribution < -0.4 is 19.7 Å². The number of aryl methyl sites for hydroxylation is 1. The van der Waals surface area contributed by atoms with Crippen LogP contribution in [-0.2, 0) is 22.6 Å². The van der Waals surface area contributed by atoms with Gasteiger partial charge < -0.3 is 9.47 Å². The number of imide groups is 2. The average molecular weight is 474 g/mol. The van der Waals surface area contributed by atoms with Crippen molar-refractivity contribution in [2.45, 2.75) is 20.0 Å². The van der Waals surface area contributed by atoms with Crippen LogP contribution in [0.2, 0.25) is 0 Å². The number of amides is 4. The van der Waals surface area contributed by atoms with Gasteiger partial charge in [-0.25, -0.2) is 14.1 Å². The van der Waals surface area contributed by atoms with Crippen LogP contribution in [0.4, 0.5) is 14.9 Å². The molecule has 0 spiro atoms. The SMILES string of the molecule is CCc1ccccc1N1C(=O)NC(=O)/C(=C/c2ccc(OC)cc2OCc2cccc(F)c2)C1=O. The van der Waals surface area contributed by atoms with Gasteiger partial charge in [-0.15, -0.1) is 0 Å². The maximum absolute atomic E-state index is 13.5. The van der Waals surface area contributed by atoms with Gasteiger partial charge in [-0.2, -0.15) is 0 Å². The zero-order valence-corrected chi connectivity index (χ0v) is 19.2. The normalized spacial score (nSPS) is 14.8. The molecule has 7 nitrogen and oxygen atoms in total. The Balaban J connectivity index is 1.71. The highest BCUT2D eigenvalue weighted by molar-refractivity contribution is 6.39. The van der Waals surface area contributed by atoms with Crippen LogP contribution in [0.5, 0.6) is 11.5 Å². The third kappa shape index (κ3) is 5.06. The summed E-state index contributed by atoms with van der Waals surface area (Å²) in [6.45, 7) is 1.96. The molecule has 0 aromatic heterocycles. The third-order valence-electron chi connectivity index (χ3n) is 5.52. The largest absolute Gasteiger partial charge is 0.497 e. The summed E-state index contributed by atoms with van der Waals surface area (Å²) in [7, 11) is 1.50. The van der Waals surface area contributed by atoms with Gasteiger partial charge in [-0.1, -0.05) is 37.3 Å². The second-order valence-electron chi connectivity index (χ2n) is 7.76. The Kier molecular flexibility index (Phi) is 6.91. The van der Waals surface area contributed by atoms with Gasteiger partial charge in [0.1, 0.15) is 29.5 Å². The summed E-state index contributed by atoms with van der Waals surface area (Å²) in [5, 5.41) is 2.24. The first-order valence-electron chi connectivity index (χ1n) is 11.0. The fourth-order valence-electron chi connectivity index (χ4n) is 3.73. The molecule has 1 saturated heterocycles. The Morgan fingerprint density at radius 1 is 1.00 bits per heavy atom. The van der Waals surface area contributed by atoms with E-state index >= 15 is 0 Å². The zero-order chi connectivity index (χ0) is 24.9. The van der Waals surface area contributed by atoms with Gasteiger partial charge in [0.15, 0.2) is 0 Å². The number of para-hydroxylation sites is 1. The second-order valence-corrected chi connectivity index (χ2v) is 7.76. The molecule has 1 heterocycles. The lowest BCUT2D eigenvalue weighted by Gasteiger charge is -2.28. The predicted octanol–water partition coefficient (Wildman–Crippen LogP) is 4.64. The summed E-state index contributed by atoms with van der Waals surface area (Å²) in [5.74, 6) is -1.13. The van der Waals surface area contributed by atoms with Crippen LogP contribution in [0.1, 0.15) is 23.6 Å². The molecule has 8 heteroatoms. The molecule has 178 valence electrons. The number of halogens is 1. The van der Waals surface area contributed by atoms with Crippen LogP contribution in [0.15, 0.2) is 72.3 Å². The number of barbiturate groups is 1. The number of carbonyl (C=O) groups excluding carboxylic acids is 3. The van der Waals surface area contributed by atoms with Crippen molar-refractivity contribution in [2.24, 2.45) is 0 Å². The van der Waals surface area contributed by atoms with Gasteiger partial charge in [0.25, 0.3) is 11.8 Å². The van der Waals surface area contributed by atoms with Crippen molar-refractivity contribution in [3.8, 4) is 11.5 Å². The van der Waals surface area contributed by atoms with E-state index in [2.05, 4.69) is 5.32 Å². The zero-order valence-electron chi connectivity index (χ0n) is 19.2. The average Bonchev–Trinajstić information content (AvgIpc) is 2.86. The molecular weight excluding hydrogens is 451 g/mol. The van der Waals surface area contributed by atoms with Crippen molar-refractivity contribution in [1.29, 1.82) is 0 Å². The van der Waals surface area contributed by atoms with Gasteiger partial charge >= 0.3 is 6.03 Å². The highest BCUT2D eigenvalue weighted by Gasteiger charge is 2.37. The monoisotopic (exact) mass is 474 g/mol. The lowest BCUT2D eigenvalue weighted by molar-refractivity contribution is -0.122. The summed E-state index contributed by atoms with van der Waals surface area (Å²) in [6, 6.07) is 17.1. The first kappa shape index (κ1) is 23.7. The van der Waals surface area contributed by atoms with E-state index in [4.69, 9.17) is 9.47 Å². The molecule has 1 aliphatic rings. The number of rotatable bonds is 7. The molecule has 35 heavy (non-hydrogen) atoms. The maximum atomic E-state index is 13.5. The minimum Gasteiger partial charge on any atom is -0.497 e. The van der Waals surface area contributed by atoms with E-state index in [0.717, 1.165) is 10.5 Å². The quantitative estimate of drug-likeness (QED) is 0.398. The number of hydrogen-bond donors (Lipinski definition) is 1. The Morgan fingerprint density at radius 3 is 2.54 bits per heavy atom. The summed E-state index contributed by atoms with van der Waals surface area (Å²) in [4.78, 5) is 39.5. The lowest BCUT2D eigenvalue weighted by atomic mass is 10.0. The number of nitrogens with one attached hydrogen (secondary N) is 1. The van der Waals surface area contributed by atoms with Crippen LogP contribution in [0.3, 0.4) is 0 Å². The van der Waals surface area contributed by atoms with Crippen molar-refractivity contribution in [2.75, 3.05) is 12.0 Å². The van der Waals surface area contributed by atoms with Crippen molar-refractivity contribution in [3.05, 3.63) is 94.8 Å². The number of benzene rings is 3. The Bertz CT molecular complexity index is 1330. The standard InChI is InChI=1S/C27H23FN2O5/c1-3-18-8-4-5-10-23(18)30-26(32)22(25(31)29-27(30)33)14-19-11-12-21(34-2)15-24(19)35-16-17-7-6-9-20(28)13-17/h4-15H,3,16H2,1-2H3,(H,29,31,33)/b22-14-. The minimum atomic E-state index is -0.810. The molecule has 1 N–H and O–H groups in total. The number of urea groups is 1. The number of nitrogens with zero attached hydrogens (tertiary/aromatic N) is 1. The lowest BCUT2D eigenvalue weighted by Crippen LogP contribution is -2.54. The van der Waals surface area contributed by atoms with E-state index in [1.165, 1.54) is 25.3 Å². The first-order valence-corrected chi connectivity index (χ1v) is 11.0. The molecule has 4 rings (SSSR count). The third-order valence-corrected chi connectivity index (χ3v) is 5.52. The van der Waals surface area contributed by atoms with Gasteiger partial charge in [-0.3, -0.25) is 14.9 Å². The van der Waals surface area contributed by atoms with E-state index in [-0.39, 0.29) is 18.0 Å². The van der Waals surface area contributed by atoms with E-state index in [1.54, 1.807) is 42.5 Å². The van der Waals surface area contributed by atoms with E-state index in [0.29, 0.717) is 34.7 Å². The van der Waals surface area contributed by atoms with Crippen LogP contribution in [0, 0.1) is 5.82 Å². The fraction of sp³-hybridized carbons (Fsp3) is 0.148. The molecule has 0 aliphatic carbocycles. The van der Waals surface area contributed by atoms with Crippen molar-refractivity contribution in [1.82, 2.24) is 5.32 Å². The molecule has 1 aliphatic heterocycles. The summed E-state index contributed by atoms with van der Waals surface area (Å²) >= 11 is 0. The molecule has 3 aromatic rings. The number of methoxy groups -OCH3 is 1. The van der Waals surface area contributed by atoms with Crippen molar-refractivity contribution in [3.63, 3.8) is 0 Å². The number of anilines is 1. The minimum absolute atomic E-state index is 0.0513. The Hall–Kier alpha value is -4.46.